The molecule has 8 heteroatoms. The number of nitrogens with one attached hydrogen (secondary N) is 2. The summed E-state index contributed by atoms with van der Waals surface area (Å²) in [5.41, 5.74) is 5.56. The van der Waals surface area contributed by atoms with Gasteiger partial charge in [-0.05, 0) is 47.6 Å². The summed E-state index contributed by atoms with van der Waals surface area (Å²) in [7, 11) is 0. The van der Waals surface area contributed by atoms with Gasteiger partial charge in [-0.2, -0.15) is 0 Å². The van der Waals surface area contributed by atoms with Gasteiger partial charge in [0, 0.05) is 18.9 Å². The van der Waals surface area contributed by atoms with Crippen LogP contribution in [0, 0.1) is 0 Å². The fourth-order valence-corrected chi connectivity index (χ4v) is 4.77. The minimum absolute atomic E-state index is 0.00640. The van der Waals surface area contributed by atoms with Gasteiger partial charge in [0.2, 0.25) is 5.91 Å². The molecule has 0 bridgehead atoms. The molecule has 0 spiro atoms. The standard InChI is InChI=1S/C31H34N2O6/c1-21(38-19-22-11-3-2-4-12-22)29(30(35)36)33-28(34)17-9-10-18-32-31(37)39-20-27-25-15-7-5-13-23(25)24-14-6-8-16-26(24)27/h2-8,11-16,21,27,29H,9-10,17-20H2,1H3,(H,32,37)(H,33,34)(H,35,36)/t21-,29+/m1/s1. The molecule has 1 aliphatic rings. The molecule has 8 nitrogen and oxygen atoms in total. The van der Waals surface area contributed by atoms with Gasteiger partial charge in [-0.15, -0.1) is 0 Å². The maximum atomic E-state index is 12.3. The number of unbranched alkanes of at least 4 members (excludes halogenated alkanes) is 1. The lowest BCUT2D eigenvalue weighted by Crippen LogP contribution is -2.48. The zero-order valence-electron chi connectivity index (χ0n) is 22.0. The van der Waals surface area contributed by atoms with E-state index in [4.69, 9.17) is 9.47 Å². The molecule has 39 heavy (non-hydrogen) atoms. The molecule has 0 saturated heterocycles. The number of benzene rings is 3. The highest BCUT2D eigenvalue weighted by Crippen LogP contribution is 2.44. The van der Waals surface area contributed by atoms with Gasteiger partial charge in [0.15, 0.2) is 6.04 Å². The molecule has 3 aromatic rings. The molecule has 4 rings (SSSR count). The molecular weight excluding hydrogens is 496 g/mol. The average molecular weight is 531 g/mol. The van der Waals surface area contributed by atoms with Crippen molar-refractivity contribution in [3.63, 3.8) is 0 Å². The Labute approximate surface area is 228 Å². The molecule has 0 aliphatic heterocycles. The third-order valence-electron chi connectivity index (χ3n) is 6.85. The first kappa shape index (κ1) is 27.9. The summed E-state index contributed by atoms with van der Waals surface area (Å²) in [5, 5.41) is 14.8. The smallest absolute Gasteiger partial charge is 0.407 e. The second-order valence-corrected chi connectivity index (χ2v) is 9.59. The monoisotopic (exact) mass is 530 g/mol. The second-order valence-electron chi connectivity index (χ2n) is 9.59. The van der Waals surface area contributed by atoms with Crippen LogP contribution in [0.1, 0.15) is 48.8 Å². The minimum Gasteiger partial charge on any atom is -0.480 e. The van der Waals surface area contributed by atoms with Crippen LogP contribution >= 0.6 is 0 Å². The summed E-state index contributed by atoms with van der Waals surface area (Å²) in [6.07, 6.45) is -0.0311. The fourth-order valence-electron chi connectivity index (χ4n) is 4.77. The van der Waals surface area contributed by atoms with Gasteiger partial charge in [0.25, 0.3) is 0 Å². The van der Waals surface area contributed by atoms with Gasteiger partial charge in [0.05, 0.1) is 12.7 Å². The number of amides is 2. The SMILES string of the molecule is C[C@@H](OCc1ccccc1)[C@H](NC(=O)CCCCNC(=O)OCC1c2ccccc2-c2ccccc21)C(=O)O. The molecule has 0 unspecified atom stereocenters. The second kappa shape index (κ2) is 13.6. The highest BCUT2D eigenvalue weighted by atomic mass is 16.5. The van der Waals surface area contributed by atoms with Crippen LogP contribution in [0.5, 0.6) is 0 Å². The van der Waals surface area contributed by atoms with Crippen LogP contribution in [0.3, 0.4) is 0 Å². The number of ether oxygens (including phenoxy) is 2. The highest BCUT2D eigenvalue weighted by Gasteiger charge is 2.29. The molecule has 3 aromatic carbocycles. The summed E-state index contributed by atoms with van der Waals surface area (Å²) in [6, 6.07) is 24.6. The van der Waals surface area contributed by atoms with Crippen LogP contribution in [0.4, 0.5) is 4.79 Å². The van der Waals surface area contributed by atoms with Gasteiger partial charge in [-0.3, -0.25) is 4.79 Å². The van der Waals surface area contributed by atoms with Gasteiger partial charge in [-0.1, -0.05) is 78.9 Å². The lowest BCUT2D eigenvalue weighted by Gasteiger charge is -2.22. The third-order valence-corrected chi connectivity index (χ3v) is 6.85. The lowest BCUT2D eigenvalue weighted by molar-refractivity contribution is -0.146. The van der Waals surface area contributed by atoms with Crippen molar-refractivity contribution in [1.29, 1.82) is 0 Å². The van der Waals surface area contributed by atoms with Crippen molar-refractivity contribution in [2.24, 2.45) is 0 Å². The van der Waals surface area contributed by atoms with E-state index in [1.165, 1.54) is 11.1 Å². The predicted octanol–water partition coefficient (Wildman–Crippen LogP) is 4.87. The molecule has 0 heterocycles. The van der Waals surface area contributed by atoms with Crippen molar-refractivity contribution >= 4 is 18.0 Å². The Kier molecular flexibility index (Phi) is 9.69. The number of rotatable bonds is 13. The van der Waals surface area contributed by atoms with Crippen molar-refractivity contribution in [1.82, 2.24) is 10.6 Å². The minimum atomic E-state index is -1.15. The van der Waals surface area contributed by atoms with Crippen LogP contribution in [-0.4, -0.2) is 48.4 Å². The number of carbonyl (C=O) groups is 3. The van der Waals surface area contributed by atoms with Gasteiger partial charge >= 0.3 is 12.1 Å². The van der Waals surface area contributed by atoms with Crippen molar-refractivity contribution in [3.05, 3.63) is 95.6 Å². The molecule has 204 valence electrons. The van der Waals surface area contributed by atoms with E-state index in [9.17, 15) is 19.5 Å². The molecule has 1 aliphatic carbocycles. The van der Waals surface area contributed by atoms with Crippen molar-refractivity contribution < 1.29 is 29.0 Å². The number of fused-ring (bicyclic) bond motifs is 3. The topological polar surface area (TPSA) is 114 Å². The van der Waals surface area contributed by atoms with E-state index in [-0.39, 0.29) is 31.5 Å². The third kappa shape index (κ3) is 7.45. The summed E-state index contributed by atoms with van der Waals surface area (Å²) in [4.78, 5) is 36.3. The largest absolute Gasteiger partial charge is 0.480 e. The molecular formula is C31H34N2O6. The Morgan fingerprint density at radius 2 is 1.49 bits per heavy atom. The first-order valence-corrected chi connectivity index (χ1v) is 13.2. The van der Waals surface area contributed by atoms with Crippen molar-refractivity contribution in [2.75, 3.05) is 13.2 Å². The summed E-state index contributed by atoms with van der Waals surface area (Å²) < 4.78 is 11.2. The van der Waals surface area contributed by atoms with E-state index < -0.39 is 24.2 Å². The maximum absolute atomic E-state index is 12.3. The van der Waals surface area contributed by atoms with Gasteiger partial charge < -0.3 is 25.2 Å². The molecule has 2 amide bonds. The quantitative estimate of drug-likeness (QED) is 0.272. The highest BCUT2D eigenvalue weighted by molar-refractivity contribution is 5.84. The number of carbonyl (C=O) groups excluding carboxylic acids is 2. The van der Waals surface area contributed by atoms with E-state index in [0.717, 1.165) is 16.7 Å². The zero-order valence-corrected chi connectivity index (χ0v) is 22.0. The first-order valence-electron chi connectivity index (χ1n) is 13.2. The van der Waals surface area contributed by atoms with Crippen LogP contribution in [0.15, 0.2) is 78.9 Å². The van der Waals surface area contributed by atoms with Crippen LogP contribution in [0.25, 0.3) is 11.1 Å². The number of hydrogen-bond donors (Lipinski definition) is 3. The number of alkyl carbamates (subject to hydrolysis) is 1. The Bertz CT molecular complexity index is 1230. The number of carboxylic acid groups (broad SMARTS) is 1. The predicted molar refractivity (Wildman–Crippen MR) is 147 cm³/mol. The normalized spacial score (nSPS) is 13.6. The molecule has 0 aromatic heterocycles. The lowest BCUT2D eigenvalue weighted by atomic mass is 9.98. The van der Waals surface area contributed by atoms with Crippen LogP contribution in [0.2, 0.25) is 0 Å². The summed E-state index contributed by atoms with van der Waals surface area (Å²) >= 11 is 0. The maximum Gasteiger partial charge on any atom is 0.407 e. The van der Waals surface area contributed by atoms with Crippen LogP contribution < -0.4 is 10.6 Å². The fraction of sp³-hybridized carbons (Fsp3) is 0.323. The molecule has 3 N–H and O–H groups in total. The Morgan fingerprint density at radius 1 is 0.872 bits per heavy atom. The zero-order chi connectivity index (χ0) is 27.6. The number of hydrogen-bond acceptors (Lipinski definition) is 5. The van der Waals surface area contributed by atoms with Crippen molar-refractivity contribution in [3.8, 4) is 11.1 Å². The summed E-state index contributed by atoms with van der Waals surface area (Å²) in [5.74, 6) is -1.53. The van der Waals surface area contributed by atoms with Gasteiger partial charge in [-0.25, -0.2) is 9.59 Å². The Morgan fingerprint density at radius 3 is 2.13 bits per heavy atom. The molecule has 0 radical (unpaired) electrons. The number of aliphatic carboxylic acids is 1. The Balaban J connectivity index is 1.14. The van der Waals surface area contributed by atoms with E-state index >= 15 is 0 Å². The van der Waals surface area contributed by atoms with Crippen molar-refractivity contribution in [2.45, 2.75) is 50.9 Å². The average Bonchev–Trinajstić information content (AvgIpc) is 3.27. The molecule has 0 saturated carbocycles. The Hall–Kier alpha value is -4.17. The molecule has 2 atom stereocenters. The van der Waals surface area contributed by atoms with E-state index in [0.29, 0.717) is 19.4 Å². The van der Waals surface area contributed by atoms with Crippen LogP contribution in [-0.2, 0) is 25.7 Å². The first-order chi connectivity index (χ1) is 18.9. The van der Waals surface area contributed by atoms with E-state index in [1.54, 1.807) is 6.92 Å². The van der Waals surface area contributed by atoms with Gasteiger partial charge in [0.1, 0.15) is 6.61 Å². The van der Waals surface area contributed by atoms with E-state index in [1.807, 2.05) is 54.6 Å². The molecule has 0 fully saturated rings. The number of carboxylic acids is 1. The van der Waals surface area contributed by atoms with E-state index in [2.05, 4.69) is 34.9 Å². The summed E-state index contributed by atoms with van der Waals surface area (Å²) in [6.45, 7) is 2.47.